The number of pyridine rings is 1. The highest BCUT2D eigenvalue weighted by molar-refractivity contribution is 7.89. The van der Waals surface area contributed by atoms with Gasteiger partial charge < -0.3 is 5.73 Å². The Kier molecular flexibility index (Phi) is 5.84. The molecule has 0 saturated carbocycles. The highest BCUT2D eigenvalue weighted by Crippen LogP contribution is 2.18. The fraction of sp³-hybridized carbons (Fsp3) is 0.500. The van der Waals surface area contributed by atoms with Gasteiger partial charge in [0.1, 0.15) is 15.6 Å². The van der Waals surface area contributed by atoms with Crippen molar-refractivity contribution in [2.45, 2.75) is 31.1 Å². The van der Waals surface area contributed by atoms with Crippen LogP contribution in [0.2, 0.25) is 0 Å². The summed E-state index contributed by atoms with van der Waals surface area (Å²) in [6.07, 6.45) is 4.34. The van der Waals surface area contributed by atoms with Gasteiger partial charge in [0, 0.05) is 19.8 Å². The third kappa shape index (κ3) is 3.95. The maximum Gasteiger partial charge on any atom is 0.245 e. The molecule has 19 heavy (non-hydrogen) atoms. The van der Waals surface area contributed by atoms with Crippen LogP contribution in [0.1, 0.15) is 31.9 Å². The Hall–Kier alpha value is -1.05. The second-order valence-electron chi connectivity index (χ2n) is 4.25. The van der Waals surface area contributed by atoms with Crippen LogP contribution in [0.25, 0.3) is 0 Å². The molecule has 106 valence electrons. The lowest BCUT2D eigenvalue weighted by atomic mass is 10.2. The summed E-state index contributed by atoms with van der Waals surface area (Å²) in [5, 5.41) is 0. The van der Waals surface area contributed by atoms with E-state index in [4.69, 9.17) is 18.0 Å². The van der Waals surface area contributed by atoms with Crippen molar-refractivity contribution >= 4 is 27.2 Å². The Morgan fingerprint density at radius 3 is 2.74 bits per heavy atom. The molecular formula is C12H19N3O2S2. The van der Waals surface area contributed by atoms with E-state index in [1.165, 1.54) is 16.6 Å². The van der Waals surface area contributed by atoms with Crippen LogP contribution in [-0.2, 0) is 10.0 Å². The molecule has 0 aromatic carbocycles. The predicted molar refractivity (Wildman–Crippen MR) is 79.5 cm³/mol. The minimum absolute atomic E-state index is 0.0128. The molecule has 0 radical (unpaired) electrons. The maximum atomic E-state index is 12.4. The zero-order chi connectivity index (χ0) is 14.5. The van der Waals surface area contributed by atoms with Crippen LogP contribution < -0.4 is 5.73 Å². The Morgan fingerprint density at radius 1 is 1.47 bits per heavy atom. The van der Waals surface area contributed by atoms with Gasteiger partial charge in [-0.25, -0.2) is 12.7 Å². The third-order valence-corrected chi connectivity index (χ3v) is 4.85. The van der Waals surface area contributed by atoms with E-state index < -0.39 is 10.0 Å². The molecule has 0 amide bonds. The molecule has 7 heteroatoms. The smallest absolute Gasteiger partial charge is 0.245 e. The van der Waals surface area contributed by atoms with Gasteiger partial charge in [0.15, 0.2) is 0 Å². The first-order valence-electron chi connectivity index (χ1n) is 6.12. The number of aromatic nitrogens is 1. The monoisotopic (exact) mass is 301 g/mol. The van der Waals surface area contributed by atoms with Gasteiger partial charge in [-0.1, -0.05) is 32.0 Å². The van der Waals surface area contributed by atoms with Gasteiger partial charge in [-0.2, -0.15) is 0 Å². The van der Waals surface area contributed by atoms with Crippen molar-refractivity contribution in [1.29, 1.82) is 0 Å². The van der Waals surface area contributed by atoms with Crippen molar-refractivity contribution in [3.05, 3.63) is 24.0 Å². The van der Waals surface area contributed by atoms with Gasteiger partial charge in [-0.15, -0.1) is 0 Å². The minimum atomic E-state index is -3.59. The summed E-state index contributed by atoms with van der Waals surface area (Å²) in [6.45, 7) is 2.54. The molecule has 0 spiro atoms. The number of sulfonamides is 1. The Balaban J connectivity index is 3.03. The van der Waals surface area contributed by atoms with Crippen LogP contribution >= 0.6 is 12.2 Å². The van der Waals surface area contributed by atoms with Gasteiger partial charge in [0.2, 0.25) is 10.0 Å². The van der Waals surface area contributed by atoms with E-state index in [0.29, 0.717) is 6.54 Å². The zero-order valence-corrected chi connectivity index (χ0v) is 12.8. The zero-order valence-electron chi connectivity index (χ0n) is 11.2. The van der Waals surface area contributed by atoms with Crippen LogP contribution in [0.3, 0.4) is 0 Å². The van der Waals surface area contributed by atoms with Crippen LogP contribution in [0, 0.1) is 0 Å². The fourth-order valence-electron chi connectivity index (χ4n) is 1.66. The van der Waals surface area contributed by atoms with E-state index in [1.54, 1.807) is 13.1 Å². The first-order valence-corrected chi connectivity index (χ1v) is 7.97. The number of nitrogens with two attached hydrogens (primary N) is 1. The molecule has 1 aromatic rings. The van der Waals surface area contributed by atoms with E-state index in [2.05, 4.69) is 11.9 Å². The van der Waals surface area contributed by atoms with Crippen molar-refractivity contribution < 1.29 is 8.42 Å². The molecule has 0 aliphatic carbocycles. The van der Waals surface area contributed by atoms with Crippen molar-refractivity contribution in [3.63, 3.8) is 0 Å². The Labute approximate surface area is 119 Å². The van der Waals surface area contributed by atoms with Crippen molar-refractivity contribution in [2.75, 3.05) is 13.6 Å². The average molecular weight is 301 g/mol. The van der Waals surface area contributed by atoms with E-state index in [9.17, 15) is 8.42 Å². The van der Waals surface area contributed by atoms with Gasteiger partial charge in [0.05, 0.1) is 0 Å². The molecule has 0 bridgehead atoms. The summed E-state index contributed by atoms with van der Waals surface area (Å²) < 4.78 is 26.2. The van der Waals surface area contributed by atoms with Crippen molar-refractivity contribution in [3.8, 4) is 0 Å². The van der Waals surface area contributed by atoms with Crippen LogP contribution in [-0.4, -0.2) is 36.3 Å². The lowest BCUT2D eigenvalue weighted by Crippen LogP contribution is -2.30. The average Bonchev–Trinajstić information content (AvgIpc) is 2.38. The first kappa shape index (κ1) is 16.0. The van der Waals surface area contributed by atoms with Crippen molar-refractivity contribution in [2.24, 2.45) is 5.73 Å². The lowest BCUT2D eigenvalue weighted by Gasteiger charge is -2.18. The Morgan fingerprint density at radius 2 is 2.16 bits per heavy atom. The summed E-state index contributed by atoms with van der Waals surface area (Å²) in [7, 11) is -2.03. The molecular weight excluding hydrogens is 282 g/mol. The minimum Gasteiger partial charge on any atom is -0.388 e. The van der Waals surface area contributed by atoms with Gasteiger partial charge in [-0.3, -0.25) is 4.98 Å². The molecule has 5 nitrogen and oxygen atoms in total. The SMILES string of the molecule is CCCCCN(C)S(=O)(=O)c1cccnc1C(N)=S. The molecule has 0 fully saturated rings. The van der Waals surface area contributed by atoms with Gasteiger partial charge in [0.25, 0.3) is 0 Å². The van der Waals surface area contributed by atoms with Crippen molar-refractivity contribution in [1.82, 2.24) is 9.29 Å². The first-order chi connectivity index (χ1) is 8.91. The number of hydrogen-bond donors (Lipinski definition) is 1. The van der Waals surface area contributed by atoms with E-state index >= 15 is 0 Å². The third-order valence-electron chi connectivity index (χ3n) is 2.77. The van der Waals surface area contributed by atoms with Gasteiger partial charge in [-0.05, 0) is 18.6 Å². The lowest BCUT2D eigenvalue weighted by molar-refractivity contribution is 0.454. The fourth-order valence-corrected chi connectivity index (χ4v) is 3.25. The topological polar surface area (TPSA) is 76.3 Å². The number of thiocarbonyl (C=S) groups is 1. The number of rotatable bonds is 7. The summed E-state index contributed by atoms with van der Waals surface area (Å²) in [6, 6.07) is 3.04. The molecule has 0 saturated heterocycles. The quantitative estimate of drug-likeness (QED) is 0.610. The maximum absolute atomic E-state index is 12.4. The number of hydrogen-bond acceptors (Lipinski definition) is 4. The molecule has 1 aromatic heterocycles. The van der Waals surface area contributed by atoms with E-state index in [1.807, 2.05) is 0 Å². The van der Waals surface area contributed by atoms with Crippen LogP contribution in [0.5, 0.6) is 0 Å². The van der Waals surface area contributed by atoms with E-state index in [0.717, 1.165) is 19.3 Å². The molecule has 2 N–H and O–H groups in total. The summed E-state index contributed by atoms with van der Waals surface area (Å²) >= 11 is 4.84. The van der Waals surface area contributed by atoms with Gasteiger partial charge >= 0.3 is 0 Å². The van der Waals surface area contributed by atoms with E-state index in [-0.39, 0.29) is 15.6 Å². The number of unbranched alkanes of at least 4 members (excludes halogenated alkanes) is 2. The largest absolute Gasteiger partial charge is 0.388 e. The molecule has 0 aliphatic rings. The number of nitrogens with zero attached hydrogens (tertiary/aromatic N) is 2. The highest BCUT2D eigenvalue weighted by atomic mass is 32.2. The summed E-state index contributed by atoms with van der Waals surface area (Å²) in [5.74, 6) is 0. The Bertz CT molecular complexity index is 544. The molecule has 0 atom stereocenters. The molecule has 0 unspecified atom stereocenters. The molecule has 1 heterocycles. The van der Waals surface area contributed by atoms with Crippen LogP contribution in [0.15, 0.2) is 23.2 Å². The standard InChI is InChI=1S/C12H19N3O2S2/c1-3-4-5-9-15(2)19(16,17)10-7-6-8-14-11(10)12(13)18/h6-8H,3-5,9H2,1-2H3,(H2,13,18). The molecule has 0 aliphatic heterocycles. The summed E-state index contributed by atoms with van der Waals surface area (Å²) in [4.78, 5) is 4.01. The second-order valence-corrected chi connectivity index (χ2v) is 6.70. The predicted octanol–water partition coefficient (Wildman–Crippen LogP) is 1.53. The molecule has 1 rings (SSSR count). The highest BCUT2D eigenvalue weighted by Gasteiger charge is 2.24. The van der Waals surface area contributed by atoms with Crippen LogP contribution in [0.4, 0.5) is 0 Å². The normalized spacial score (nSPS) is 11.7. The second kappa shape index (κ2) is 6.93. The summed E-state index contributed by atoms with van der Waals surface area (Å²) in [5.41, 5.74) is 5.67.